The lowest BCUT2D eigenvalue weighted by atomic mass is 10.0. The molecule has 2 rings (SSSR count). The molecule has 2 saturated heterocycles. The molecule has 2 atom stereocenters. The molecule has 2 aliphatic rings. The van der Waals surface area contributed by atoms with Crippen LogP contribution in [0.3, 0.4) is 0 Å². The molecule has 0 saturated carbocycles. The number of nitrogens with zero attached hydrogens (tertiary/aromatic N) is 3. The molecule has 2 unspecified atom stereocenters. The molecule has 7 heteroatoms. The third-order valence-electron chi connectivity index (χ3n) is 4.14. The van der Waals surface area contributed by atoms with Crippen molar-refractivity contribution in [1.82, 2.24) is 9.80 Å². The van der Waals surface area contributed by atoms with Crippen LogP contribution in [0.1, 0.15) is 13.8 Å². The Bertz CT molecular complexity index is 475. The summed E-state index contributed by atoms with van der Waals surface area (Å²) < 4.78 is 23.0. The van der Waals surface area contributed by atoms with E-state index in [4.69, 9.17) is 5.26 Å². The topological polar surface area (TPSA) is 84.6 Å². The quantitative estimate of drug-likeness (QED) is 0.706. The Hall–Kier alpha value is -0.680. The van der Waals surface area contributed by atoms with E-state index in [1.165, 1.54) is 0 Å². The van der Waals surface area contributed by atoms with E-state index in [0.717, 1.165) is 13.1 Å². The third kappa shape index (κ3) is 3.08. The summed E-state index contributed by atoms with van der Waals surface area (Å²) >= 11 is 0. The highest BCUT2D eigenvalue weighted by Crippen LogP contribution is 2.22. The highest BCUT2D eigenvalue weighted by molar-refractivity contribution is 7.91. The van der Waals surface area contributed by atoms with Gasteiger partial charge in [-0.1, -0.05) is 0 Å². The summed E-state index contributed by atoms with van der Waals surface area (Å²) in [5.74, 6) is -0.0720. The summed E-state index contributed by atoms with van der Waals surface area (Å²) in [5, 5.41) is 19.0. The third-order valence-corrected chi connectivity index (χ3v) is 5.84. The second-order valence-corrected chi connectivity index (χ2v) is 8.06. The number of nitriles is 1. The number of sulfone groups is 1. The zero-order valence-electron chi connectivity index (χ0n) is 11.4. The van der Waals surface area contributed by atoms with Crippen molar-refractivity contribution in [2.24, 2.45) is 0 Å². The van der Waals surface area contributed by atoms with Gasteiger partial charge in [0.2, 0.25) is 0 Å². The SMILES string of the molecule is CC(C)(C#N)N1CCN(C2CS(=O)(=O)CC2O)CC1. The predicted octanol–water partition coefficient (Wildman–Crippen LogP) is -0.936. The molecule has 6 nitrogen and oxygen atoms in total. The molecule has 108 valence electrons. The van der Waals surface area contributed by atoms with E-state index in [1.807, 2.05) is 18.7 Å². The summed E-state index contributed by atoms with van der Waals surface area (Å²) in [6, 6.07) is 2.00. The van der Waals surface area contributed by atoms with Crippen LogP contribution in [0, 0.1) is 11.3 Å². The van der Waals surface area contributed by atoms with Crippen LogP contribution in [0.5, 0.6) is 0 Å². The van der Waals surface area contributed by atoms with Crippen molar-refractivity contribution in [3.8, 4) is 6.07 Å². The summed E-state index contributed by atoms with van der Waals surface area (Å²) in [4.78, 5) is 4.14. The van der Waals surface area contributed by atoms with Gasteiger partial charge in [-0.3, -0.25) is 9.80 Å². The van der Waals surface area contributed by atoms with Gasteiger partial charge >= 0.3 is 0 Å². The van der Waals surface area contributed by atoms with Crippen LogP contribution in [0.2, 0.25) is 0 Å². The number of rotatable bonds is 2. The molecular formula is C12H21N3O3S. The molecule has 19 heavy (non-hydrogen) atoms. The van der Waals surface area contributed by atoms with Gasteiger partial charge in [-0.2, -0.15) is 5.26 Å². The van der Waals surface area contributed by atoms with E-state index in [1.54, 1.807) is 0 Å². The van der Waals surface area contributed by atoms with Gasteiger partial charge in [0.05, 0.1) is 29.7 Å². The Morgan fingerprint density at radius 3 is 2.21 bits per heavy atom. The minimum Gasteiger partial charge on any atom is -0.390 e. The second kappa shape index (κ2) is 5.02. The first-order valence-electron chi connectivity index (χ1n) is 6.54. The monoisotopic (exact) mass is 287 g/mol. The van der Waals surface area contributed by atoms with E-state index in [2.05, 4.69) is 11.0 Å². The lowest BCUT2D eigenvalue weighted by Crippen LogP contribution is -2.57. The van der Waals surface area contributed by atoms with E-state index in [9.17, 15) is 13.5 Å². The fourth-order valence-electron chi connectivity index (χ4n) is 2.84. The Balaban J connectivity index is 1.96. The molecule has 0 aromatic heterocycles. The average molecular weight is 287 g/mol. The first kappa shape index (κ1) is 14.7. The van der Waals surface area contributed by atoms with Crippen molar-refractivity contribution in [3.05, 3.63) is 0 Å². The standard InChI is InChI=1S/C12H21N3O3S/c1-12(2,9-13)15-5-3-14(4-6-15)10-7-19(17,18)8-11(10)16/h10-11,16H,3-8H2,1-2H3. The van der Waals surface area contributed by atoms with Gasteiger partial charge in [0.1, 0.15) is 5.54 Å². The van der Waals surface area contributed by atoms with Crippen molar-refractivity contribution in [2.45, 2.75) is 31.5 Å². The van der Waals surface area contributed by atoms with Crippen molar-refractivity contribution in [1.29, 1.82) is 5.26 Å². The molecule has 0 bridgehead atoms. The minimum absolute atomic E-state index is 0.0514. The van der Waals surface area contributed by atoms with Crippen LogP contribution in [0.25, 0.3) is 0 Å². The fraction of sp³-hybridized carbons (Fsp3) is 0.917. The molecule has 0 aliphatic carbocycles. The minimum atomic E-state index is -3.10. The number of aliphatic hydroxyl groups excluding tert-OH is 1. The summed E-state index contributed by atoms with van der Waals surface area (Å²) in [6.07, 6.45) is -0.777. The molecule has 0 radical (unpaired) electrons. The summed E-state index contributed by atoms with van der Waals surface area (Å²) in [6.45, 7) is 6.62. The van der Waals surface area contributed by atoms with Crippen molar-refractivity contribution in [3.63, 3.8) is 0 Å². The summed E-state index contributed by atoms with van der Waals surface area (Å²) in [5.41, 5.74) is -0.494. The smallest absolute Gasteiger partial charge is 0.154 e. The zero-order valence-corrected chi connectivity index (χ0v) is 12.2. The number of piperazine rings is 1. The number of hydrogen-bond acceptors (Lipinski definition) is 6. The fourth-order valence-corrected chi connectivity index (χ4v) is 4.67. The van der Waals surface area contributed by atoms with Gasteiger partial charge in [-0.15, -0.1) is 0 Å². The van der Waals surface area contributed by atoms with Gasteiger partial charge < -0.3 is 5.11 Å². The maximum absolute atomic E-state index is 11.5. The molecular weight excluding hydrogens is 266 g/mol. The van der Waals surface area contributed by atoms with Crippen LogP contribution in [-0.4, -0.2) is 78.7 Å². The van der Waals surface area contributed by atoms with Gasteiger partial charge in [0, 0.05) is 26.2 Å². The Labute approximate surface area is 114 Å². The highest BCUT2D eigenvalue weighted by Gasteiger charge is 2.41. The zero-order chi connectivity index (χ0) is 14.3. The van der Waals surface area contributed by atoms with Gasteiger partial charge in [-0.25, -0.2) is 8.42 Å². The van der Waals surface area contributed by atoms with E-state index < -0.39 is 21.5 Å². The van der Waals surface area contributed by atoms with Crippen LogP contribution in [0.15, 0.2) is 0 Å². The van der Waals surface area contributed by atoms with E-state index in [0.29, 0.717) is 13.1 Å². The first-order chi connectivity index (χ1) is 8.75. The predicted molar refractivity (Wildman–Crippen MR) is 71.3 cm³/mol. The second-order valence-electron chi connectivity index (χ2n) is 5.91. The normalized spacial score (nSPS) is 33.2. The molecule has 0 aromatic carbocycles. The van der Waals surface area contributed by atoms with Gasteiger partial charge in [0.25, 0.3) is 0 Å². The Morgan fingerprint density at radius 2 is 1.79 bits per heavy atom. The van der Waals surface area contributed by atoms with E-state index in [-0.39, 0.29) is 17.5 Å². The molecule has 2 heterocycles. The lowest BCUT2D eigenvalue weighted by molar-refractivity contribution is 0.0241. The maximum Gasteiger partial charge on any atom is 0.154 e. The highest BCUT2D eigenvalue weighted by atomic mass is 32.2. The molecule has 1 N–H and O–H groups in total. The maximum atomic E-state index is 11.5. The van der Waals surface area contributed by atoms with Crippen LogP contribution >= 0.6 is 0 Å². The molecule has 0 aromatic rings. The molecule has 0 spiro atoms. The van der Waals surface area contributed by atoms with Crippen molar-refractivity contribution >= 4 is 9.84 Å². The van der Waals surface area contributed by atoms with Gasteiger partial charge in [0.15, 0.2) is 9.84 Å². The van der Waals surface area contributed by atoms with Crippen LogP contribution in [-0.2, 0) is 9.84 Å². The average Bonchev–Trinajstić information content (AvgIpc) is 2.63. The first-order valence-corrected chi connectivity index (χ1v) is 8.36. The number of hydrogen-bond donors (Lipinski definition) is 1. The lowest BCUT2D eigenvalue weighted by Gasteiger charge is -2.42. The van der Waals surface area contributed by atoms with Crippen LogP contribution < -0.4 is 0 Å². The van der Waals surface area contributed by atoms with Crippen molar-refractivity contribution in [2.75, 3.05) is 37.7 Å². The van der Waals surface area contributed by atoms with Crippen molar-refractivity contribution < 1.29 is 13.5 Å². The Kier molecular flexibility index (Phi) is 3.89. The van der Waals surface area contributed by atoms with Gasteiger partial charge in [-0.05, 0) is 13.8 Å². The molecule has 2 aliphatic heterocycles. The van der Waals surface area contributed by atoms with E-state index >= 15 is 0 Å². The molecule has 2 fully saturated rings. The summed E-state index contributed by atoms with van der Waals surface area (Å²) in [7, 11) is -3.10. The largest absolute Gasteiger partial charge is 0.390 e. The van der Waals surface area contributed by atoms with Crippen LogP contribution in [0.4, 0.5) is 0 Å². The Morgan fingerprint density at radius 1 is 1.21 bits per heavy atom. The number of aliphatic hydroxyl groups is 1. The molecule has 0 amide bonds.